The van der Waals surface area contributed by atoms with E-state index < -0.39 is 13.1 Å². The highest BCUT2D eigenvalue weighted by Gasteiger charge is 2.27. The lowest BCUT2D eigenvalue weighted by atomic mass is 10.1. The van der Waals surface area contributed by atoms with E-state index in [1.54, 1.807) is 6.07 Å². The molecule has 0 fully saturated rings. The lowest BCUT2D eigenvalue weighted by Gasteiger charge is -2.02. The van der Waals surface area contributed by atoms with Crippen LogP contribution in [0.25, 0.3) is 10.9 Å². The smallest absolute Gasteiger partial charge is 0.358 e. The molecule has 0 saturated carbocycles. The molecule has 0 aliphatic carbocycles. The fourth-order valence-electron chi connectivity index (χ4n) is 1.77. The number of benzene rings is 1. The van der Waals surface area contributed by atoms with Crippen molar-refractivity contribution in [3.63, 3.8) is 0 Å². The van der Waals surface area contributed by atoms with E-state index in [9.17, 15) is 9.36 Å². The number of aromatic amines is 1. The summed E-state index contributed by atoms with van der Waals surface area (Å²) in [5.74, 6) is 0.318. The van der Waals surface area contributed by atoms with Crippen LogP contribution in [-0.4, -0.2) is 20.3 Å². The molecule has 96 valence electrons. The number of rotatable bonds is 3. The molecule has 1 heterocycles. The number of fused-ring (bicyclic) bond motifs is 1. The summed E-state index contributed by atoms with van der Waals surface area (Å²) >= 11 is 0. The molecule has 0 aliphatic heterocycles. The normalized spacial score (nSPS) is 12.3. The van der Waals surface area contributed by atoms with E-state index in [-0.39, 0.29) is 5.56 Å². The van der Waals surface area contributed by atoms with Gasteiger partial charge in [0.15, 0.2) is 0 Å². The van der Waals surface area contributed by atoms with Crippen molar-refractivity contribution in [2.24, 2.45) is 0 Å². The molecule has 0 unspecified atom stereocenters. The van der Waals surface area contributed by atoms with Gasteiger partial charge in [0.05, 0.1) is 0 Å². The number of carbonyl (C=O) groups is 1. The number of H-pyrrole nitrogens is 1. The Morgan fingerprint density at radius 2 is 1.94 bits per heavy atom. The van der Waals surface area contributed by atoms with Crippen LogP contribution in [0.2, 0.25) is 0 Å². The average molecular weight is 267 g/mol. The molecule has 18 heavy (non-hydrogen) atoms. The third-order valence-corrected chi connectivity index (χ3v) is 3.56. The van der Waals surface area contributed by atoms with Gasteiger partial charge in [-0.1, -0.05) is 13.8 Å². The van der Waals surface area contributed by atoms with E-state index in [0.717, 1.165) is 16.6 Å². The Morgan fingerprint density at radius 3 is 2.50 bits per heavy atom. The molecule has 2 aromatic rings. The van der Waals surface area contributed by atoms with E-state index in [1.807, 2.05) is 19.9 Å². The molecule has 2 rings (SSSR count). The Morgan fingerprint density at radius 1 is 1.28 bits per heavy atom. The summed E-state index contributed by atoms with van der Waals surface area (Å²) < 4.78 is 10.9. The summed E-state index contributed by atoms with van der Waals surface area (Å²) in [7, 11) is -4.72. The number of hydrogen-bond acceptors (Lipinski definition) is 2. The maximum Gasteiger partial charge on any atom is 0.396 e. The van der Waals surface area contributed by atoms with Crippen LogP contribution in [-0.2, 0) is 4.57 Å². The Labute approximate surface area is 104 Å². The van der Waals surface area contributed by atoms with Crippen molar-refractivity contribution in [3.8, 4) is 0 Å². The first-order chi connectivity index (χ1) is 8.29. The van der Waals surface area contributed by atoms with Gasteiger partial charge in [0.1, 0.15) is 0 Å². The zero-order valence-electron chi connectivity index (χ0n) is 10.0. The second kappa shape index (κ2) is 4.35. The molecular formula is C12H14NO4P. The summed E-state index contributed by atoms with van der Waals surface area (Å²) in [6, 6.07) is 6.46. The van der Waals surface area contributed by atoms with E-state index in [4.69, 9.17) is 9.79 Å². The molecule has 0 amide bonds. The SMILES string of the molecule is CC(C)c1cc2cc(C(=O)P(=O)(O)O)ccc2[nH]1. The van der Waals surface area contributed by atoms with Crippen LogP contribution < -0.4 is 0 Å². The summed E-state index contributed by atoms with van der Waals surface area (Å²) in [5.41, 5.74) is 0.758. The second-order valence-electron chi connectivity index (χ2n) is 4.53. The molecule has 1 aromatic heterocycles. The molecule has 0 spiro atoms. The third-order valence-electron chi connectivity index (χ3n) is 2.78. The molecule has 5 nitrogen and oxygen atoms in total. The predicted molar refractivity (Wildman–Crippen MR) is 68.8 cm³/mol. The number of hydrogen-bond donors (Lipinski definition) is 3. The fourth-order valence-corrected chi connectivity index (χ4v) is 2.24. The van der Waals surface area contributed by atoms with Crippen molar-refractivity contribution >= 4 is 24.0 Å². The van der Waals surface area contributed by atoms with Gasteiger partial charge in [-0.15, -0.1) is 0 Å². The van der Waals surface area contributed by atoms with Crippen molar-refractivity contribution in [2.45, 2.75) is 19.8 Å². The van der Waals surface area contributed by atoms with Crippen molar-refractivity contribution < 1.29 is 19.1 Å². The quantitative estimate of drug-likeness (QED) is 0.745. The van der Waals surface area contributed by atoms with Crippen LogP contribution >= 0.6 is 7.60 Å². The first-order valence-electron chi connectivity index (χ1n) is 5.52. The van der Waals surface area contributed by atoms with Crippen LogP contribution in [0.3, 0.4) is 0 Å². The Hall–Kier alpha value is -1.42. The summed E-state index contributed by atoms with van der Waals surface area (Å²) in [6.45, 7) is 4.07. The highest BCUT2D eigenvalue weighted by Crippen LogP contribution is 2.39. The van der Waals surface area contributed by atoms with Crippen LogP contribution in [0.4, 0.5) is 0 Å². The Balaban J connectivity index is 2.51. The Kier molecular flexibility index (Phi) is 3.15. The van der Waals surface area contributed by atoms with Gasteiger partial charge in [-0.3, -0.25) is 9.36 Å². The van der Waals surface area contributed by atoms with E-state index in [0.29, 0.717) is 5.92 Å². The van der Waals surface area contributed by atoms with Crippen LogP contribution in [0.1, 0.15) is 35.8 Å². The minimum Gasteiger partial charge on any atom is -0.358 e. The monoisotopic (exact) mass is 267 g/mol. The maximum absolute atomic E-state index is 11.5. The van der Waals surface area contributed by atoms with Crippen LogP contribution in [0.5, 0.6) is 0 Å². The molecule has 0 aliphatic rings. The molecule has 1 aromatic carbocycles. The number of nitrogens with one attached hydrogen (secondary N) is 1. The number of aromatic nitrogens is 1. The minimum atomic E-state index is -4.72. The molecule has 0 radical (unpaired) electrons. The van der Waals surface area contributed by atoms with Gasteiger partial charge in [0.25, 0.3) is 5.52 Å². The average Bonchev–Trinajstić information content (AvgIpc) is 2.69. The van der Waals surface area contributed by atoms with Crippen LogP contribution in [0, 0.1) is 0 Å². The third kappa shape index (κ3) is 2.38. The van der Waals surface area contributed by atoms with Gasteiger partial charge >= 0.3 is 7.60 Å². The minimum absolute atomic E-state index is 0.0325. The first kappa shape index (κ1) is 13.0. The van der Waals surface area contributed by atoms with Crippen molar-refractivity contribution in [2.75, 3.05) is 0 Å². The van der Waals surface area contributed by atoms with Crippen molar-refractivity contribution in [1.82, 2.24) is 4.98 Å². The van der Waals surface area contributed by atoms with Gasteiger partial charge in [-0.05, 0) is 30.2 Å². The molecule has 6 heteroatoms. The van der Waals surface area contributed by atoms with E-state index >= 15 is 0 Å². The summed E-state index contributed by atoms with van der Waals surface area (Å²) in [4.78, 5) is 32.4. The summed E-state index contributed by atoms with van der Waals surface area (Å²) in [5, 5.41) is 0.776. The van der Waals surface area contributed by atoms with Gasteiger partial charge in [0, 0.05) is 22.2 Å². The second-order valence-corrected chi connectivity index (χ2v) is 6.02. The predicted octanol–water partition coefficient (Wildman–Crippen LogP) is 2.61. The lowest BCUT2D eigenvalue weighted by Crippen LogP contribution is -1.99. The molecular weight excluding hydrogens is 253 g/mol. The molecule has 0 bridgehead atoms. The highest BCUT2D eigenvalue weighted by atomic mass is 31.2. The van der Waals surface area contributed by atoms with Crippen molar-refractivity contribution in [3.05, 3.63) is 35.5 Å². The highest BCUT2D eigenvalue weighted by molar-refractivity contribution is 7.70. The molecule has 3 N–H and O–H groups in total. The Bertz CT molecular complexity index is 653. The van der Waals surface area contributed by atoms with Gasteiger partial charge in [-0.25, -0.2) is 0 Å². The van der Waals surface area contributed by atoms with Gasteiger partial charge < -0.3 is 14.8 Å². The van der Waals surface area contributed by atoms with Gasteiger partial charge in [0.2, 0.25) is 0 Å². The van der Waals surface area contributed by atoms with Crippen molar-refractivity contribution in [1.29, 1.82) is 0 Å². The maximum atomic E-state index is 11.5. The van der Waals surface area contributed by atoms with E-state index in [2.05, 4.69) is 4.98 Å². The summed E-state index contributed by atoms with van der Waals surface area (Å²) in [6.07, 6.45) is 0. The van der Waals surface area contributed by atoms with Gasteiger partial charge in [-0.2, -0.15) is 0 Å². The standard InChI is InChI=1S/C12H14NO4P/c1-7(2)11-6-9-5-8(3-4-10(9)13-11)12(14)18(15,16)17/h3-7,13H,1-2H3,(H2,15,16,17). The van der Waals surface area contributed by atoms with E-state index in [1.165, 1.54) is 12.1 Å². The topological polar surface area (TPSA) is 90.4 Å². The molecule has 0 saturated heterocycles. The number of carbonyl (C=O) groups excluding carboxylic acids is 1. The lowest BCUT2D eigenvalue weighted by molar-refractivity contribution is 0.104. The zero-order chi connectivity index (χ0) is 13.5. The fraction of sp³-hybridized carbons (Fsp3) is 0.250. The molecule has 0 atom stereocenters. The largest absolute Gasteiger partial charge is 0.396 e. The first-order valence-corrected chi connectivity index (χ1v) is 7.13. The zero-order valence-corrected chi connectivity index (χ0v) is 10.9. The van der Waals surface area contributed by atoms with Crippen LogP contribution in [0.15, 0.2) is 24.3 Å².